The Hall–Kier alpha value is -1.68. The normalized spacial score (nSPS) is 10.5. The molecule has 2 aromatic rings. The molecule has 19 heavy (non-hydrogen) atoms. The van der Waals surface area contributed by atoms with Crippen molar-refractivity contribution in [2.75, 3.05) is 12.3 Å². The van der Waals surface area contributed by atoms with E-state index in [-0.39, 0.29) is 0 Å². The third kappa shape index (κ3) is 3.41. The van der Waals surface area contributed by atoms with Crippen LogP contribution in [0.4, 0.5) is 5.69 Å². The van der Waals surface area contributed by atoms with Crippen LogP contribution in [0.5, 0.6) is 5.88 Å². The number of rotatable bonds is 4. The number of anilines is 1. The van der Waals surface area contributed by atoms with Gasteiger partial charge in [0.2, 0.25) is 5.88 Å². The number of hydrogen-bond acceptors (Lipinski definition) is 4. The van der Waals surface area contributed by atoms with Crippen LogP contribution in [0.15, 0.2) is 40.3 Å². The summed E-state index contributed by atoms with van der Waals surface area (Å²) in [5, 5.41) is 0.893. The molecular weight excluding hydrogens is 256 g/mol. The van der Waals surface area contributed by atoms with Crippen molar-refractivity contribution >= 4 is 17.4 Å². The Labute approximate surface area is 118 Å². The highest BCUT2D eigenvalue weighted by atomic mass is 32.2. The van der Waals surface area contributed by atoms with E-state index < -0.39 is 0 Å². The second-order valence-corrected chi connectivity index (χ2v) is 5.41. The fourth-order valence-electron chi connectivity index (χ4n) is 1.77. The van der Waals surface area contributed by atoms with Crippen LogP contribution in [0.2, 0.25) is 0 Å². The van der Waals surface area contributed by atoms with Gasteiger partial charge in [0.1, 0.15) is 5.03 Å². The van der Waals surface area contributed by atoms with E-state index in [2.05, 4.69) is 37.0 Å². The van der Waals surface area contributed by atoms with Gasteiger partial charge in [0.25, 0.3) is 0 Å². The Balaban J connectivity index is 2.25. The van der Waals surface area contributed by atoms with Crippen molar-refractivity contribution in [3.05, 3.63) is 41.5 Å². The van der Waals surface area contributed by atoms with Gasteiger partial charge in [-0.3, -0.25) is 0 Å². The number of ether oxygens (including phenoxy) is 1. The molecule has 0 saturated heterocycles. The van der Waals surface area contributed by atoms with E-state index in [1.54, 1.807) is 11.8 Å². The highest BCUT2D eigenvalue weighted by Crippen LogP contribution is 2.32. The first kappa shape index (κ1) is 13.7. The van der Waals surface area contributed by atoms with Gasteiger partial charge in [0.05, 0.1) is 12.3 Å². The smallest absolute Gasteiger partial charge is 0.238 e. The zero-order valence-corrected chi connectivity index (χ0v) is 12.3. The van der Waals surface area contributed by atoms with Crippen LogP contribution in [0.25, 0.3) is 0 Å². The van der Waals surface area contributed by atoms with Gasteiger partial charge in [-0.15, -0.1) is 0 Å². The monoisotopic (exact) mass is 274 g/mol. The first-order valence-electron chi connectivity index (χ1n) is 6.24. The summed E-state index contributed by atoms with van der Waals surface area (Å²) in [6.45, 7) is 6.69. The molecule has 0 amide bonds. The van der Waals surface area contributed by atoms with Crippen LogP contribution in [0.1, 0.15) is 18.1 Å². The zero-order valence-electron chi connectivity index (χ0n) is 11.4. The fraction of sp³-hybridized carbons (Fsp3) is 0.267. The van der Waals surface area contributed by atoms with Gasteiger partial charge in [0, 0.05) is 4.90 Å². The Morgan fingerprint density at radius 1 is 1.21 bits per heavy atom. The number of nitrogen functional groups attached to an aromatic ring is 1. The SMILES string of the molecule is CCOc1nc(Sc2ccc(C)cc2C)ccc1N. The number of pyridine rings is 1. The topological polar surface area (TPSA) is 48.1 Å². The van der Waals surface area contributed by atoms with Crippen molar-refractivity contribution in [3.8, 4) is 5.88 Å². The maximum atomic E-state index is 5.82. The van der Waals surface area contributed by atoms with Crippen molar-refractivity contribution in [2.45, 2.75) is 30.7 Å². The predicted molar refractivity (Wildman–Crippen MR) is 79.9 cm³/mol. The second-order valence-electron chi connectivity index (χ2n) is 4.35. The molecule has 0 unspecified atom stereocenters. The number of benzene rings is 1. The Morgan fingerprint density at radius 2 is 2.00 bits per heavy atom. The third-order valence-corrected chi connectivity index (χ3v) is 3.80. The minimum absolute atomic E-state index is 0.511. The molecule has 3 nitrogen and oxygen atoms in total. The Kier molecular flexibility index (Phi) is 4.32. The number of hydrogen-bond donors (Lipinski definition) is 1. The third-order valence-electron chi connectivity index (χ3n) is 2.69. The van der Waals surface area contributed by atoms with Crippen LogP contribution in [0, 0.1) is 13.8 Å². The van der Waals surface area contributed by atoms with Gasteiger partial charge in [-0.05, 0) is 44.5 Å². The van der Waals surface area contributed by atoms with Gasteiger partial charge < -0.3 is 10.5 Å². The van der Waals surface area contributed by atoms with Crippen molar-refractivity contribution in [1.29, 1.82) is 0 Å². The minimum Gasteiger partial charge on any atom is -0.476 e. The average Bonchev–Trinajstić information content (AvgIpc) is 2.37. The maximum absolute atomic E-state index is 5.82. The molecule has 0 spiro atoms. The number of nitrogens with two attached hydrogens (primary N) is 1. The summed E-state index contributed by atoms with van der Waals surface area (Å²) < 4.78 is 5.41. The van der Waals surface area contributed by atoms with Crippen molar-refractivity contribution in [1.82, 2.24) is 4.98 Å². The lowest BCUT2D eigenvalue weighted by atomic mass is 10.2. The molecule has 2 N–H and O–H groups in total. The van der Waals surface area contributed by atoms with E-state index in [1.807, 2.05) is 19.1 Å². The molecule has 1 aromatic carbocycles. The van der Waals surface area contributed by atoms with Crippen LogP contribution >= 0.6 is 11.8 Å². The summed E-state index contributed by atoms with van der Waals surface area (Å²) in [7, 11) is 0. The van der Waals surface area contributed by atoms with Crippen molar-refractivity contribution in [2.24, 2.45) is 0 Å². The van der Waals surface area contributed by atoms with E-state index in [4.69, 9.17) is 10.5 Å². The lowest BCUT2D eigenvalue weighted by molar-refractivity contribution is 0.326. The Morgan fingerprint density at radius 3 is 2.68 bits per heavy atom. The van der Waals surface area contributed by atoms with E-state index >= 15 is 0 Å². The molecule has 0 radical (unpaired) electrons. The highest BCUT2D eigenvalue weighted by molar-refractivity contribution is 7.99. The van der Waals surface area contributed by atoms with Gasteiger partial charge in [-0.1, -0.05) is 29.5 Å². The van der Waals surface area contributed by atoms with Gasteiger partial charge >= 0.3 is 0 Å². The maximum Gasteiger partial charge on any atom is 0.238 e. The molecule has 0 aliphatic rings. The molecule has 4 heteroatoms. The molecule has 0 aliphatic heterocycles. The van der Waals surface area contributed by atoms with Crippen molar-refractivity contribution in [3.63, 3.8) is 0 Å². The van der Waals surface area contributed by atoms with E-state index in [0.717, 1.165) is 5.03 Å². The second kappa shape index (κ2) is 5.97. The van der Waals surface area contributed by atoms with E-state index in [9.17, 15) is 0 Å². The lowest BCUT2D eigenvalue weighted by Crippen LogP contribution is -1.99. The fourth-order valence-corrected chi connectivity index (χ4v) is 2.62. The van der Waals surface area contributed by atoms with E-state index in [0.29, 0.717) is 18.2 Å². The largest absolute Gasteiger partial charge is 0.476 e. The quantitative estimate of drug-likeness (QED) is 0.920. The molecule has 1 heterocycles. The summed E-state index contributed by atoms with van der Waals surface area (Å²) in [5.74, 6) is 0.511. The molecule has 0 saturated carbocycles. The number of aryl methyl sites for hydroxylation is 2. The van der Waals surface area contributed by atoms with Crippen LogP contribution < -0.4 is 10.5 Å². The molecule has 100 valence electrons. The van der Waals surface area contributed by atoms with Crippen molar-refractivity contribution < 1.29 is 4.74 Å². The molecule has 0 atom stereocenters. The van der Waals surface area contributed by atoms with Crippen LogP contribution in [-0.2, 0) is 0 Å². The minimum atomic E-state index is 0.511. The Bertz CT molecular complexity index is 584. The number of aromatic nitrogens is 1. The summed E-state index contributed by atoms with van der Waals surface area (Å²) in [6, 6.07) is 10.2. The van der Waals surface area contributed by atoms with Gasteiger partial charge in [-0.25, -0.2) is 4.98 Å². The predicted octanol–water partition coefficient (Wildman–Crippen LogP) is 3.83. The molecule has 0 aliphatic carbocycles. The first-order chi connectivity index (χ1) is 9.10. The molecule has 0 fully saturated rings. The van der Waals surface area contributed by atoms with Crippen LogP contribution in [0.3, 0.4) is 0 Å². The average molecular weight is 274 g/mol. The van der Waals surface area contributed by atoms with Gasteiger partial charge in [-0.2, -0.15) is 0 Å². The standard InChI is InChI=1S/C15H18N2OS/c1-4-18-15-12(16)6-8-14(17-15)19-13-7-5-10(2)9-11(13)3/h5-9H,4,16H2,1-3H3. The molecule has 2 rings (SSSR count). The van der Waals surface area contributed by atoms with E-state index in [1.165, 1.54) is 16.0 Å². The summed E-state index contributed by atoms with van der Waals surface area (Å²) in [5.41, 5.74) is 8.91. The summed E-state index contributed by atoms with van der Waals surface area (Å²) >= 11 is 1.62. The highest BCUT2D eigenvalue weighted by Gasteiger charge is 2.07. The molecular formula is C15H18N2OS. The summed E-state index contributed by atoms with van der Waals surface area (Å²) in [4.78, 5) is 5.64. The first-order valence-corrected chi connectivity index (χ1v) is 7.06. The number of nitrogens with zero attached hydrogens (tertiary/aromatic N) is 1. The molecule has 0 bridgehead atoms. The van der Waals surface area contributed by atoms with Gasteiger partial charge in [0.15, 0.2) is 0 Å². The zero-order chi connectivity index (χ0) is 13.8. The summed E-state index contributed by atoms with van der Waals surface area (Å²) in [6.07, 6.45) is 0. The molecule has 1 aromatic heterocycles. The lowest BCUT2D eigenvalue weighted by Gasteiger charge is -2.09. The van der Waals surface area contributed by atoms with Crippen LogP contribution in [-0.4, -0.2) is 11.6 Å².